The second-order valence-corrected chi connectivity index (χ2v) is 40.3. The third-order valence-corrected chi connectivity index (χ3v) is 34.1. The highest BCUT2D eigenvalue weighted by atomic mass is 15.3. The quantitative estimate of drug-likeness (QED) is 0.246. The summed E-state index contributed by atoms with van der Waals surface area (Å²) >= 11 is 0. The Kier molecular flexibility index (Phi) is 17.0. The summed E-state index contributed by atoms with van der Waals surface area (Å²) in [6.45, 7) is 25.3. The van der Waals surface area contributed by atoms with Crippen molar-refractivity contribution in [1.82, 2.24) is 14.7 Å². The van der Waals surface area contributed by atoms with Gasteiger partial charge >= 0.3 is 0 Å². The maximum atomic E-state index is 3.69. The van der Waals surface area contributed by atoms with Crippen LogP contribution in [0.3, 0.4) is 0 Å². The Bertz CT molecular complexity index is 2260. The lowest BCUT2D eigenvalue weighted by atomic mass is 9.18. The van der Waals surface area contributed by atoms with E-state index in [1.807, 2.05) is 0 Å². The fourth-order valence-corrected chi connectivity index (χ4v) is 30.4. The summed E-state index contributed by atoms with van der Waals surface area (Å²) in [5, 5.41) is 0. The second-order valence-electron chi connectivity index (χ2n) is 40.3. The second kappa shape index (κ2) is 24.0. The number of nitrogens with zero attached hydrogens (tertiary/aromatic N) is 3. The van der Waals surface area contributed by atoms with Gasteiger partial charge in [0.2, 0.25) is 0 Å². The van der Waals surface area contributed by atoms with Crippen molar-refractivity contribution in [2.45, 2.75) is 397 Å². The molecule has 0 aromatic rings. The first-order valence-electron chi connectivity index (χ1n) is 40.9. The molecule has 3 heterocycles. The molecule has 0 spiro atoms. The highest BCUT2D eigenvalue weighted by Crippen LogP contribution is 2.70. The van der Waals surface area contributed by atoms with Crippen molar-refractivity contribution >= 4 is 6.71 Å². The Morgan fingerprint density at radius 2 is 0.674 bits per heavy atom. The van der Waals surface area contributed by atoms with Gasteiger partial charge in [-0.2, -0.15) is 0 Å². The normalized spacial score (nSPS) is 50.9. The van der Waals surface area contributed by atoms with Crippen molar-refractivity contribution in [2.24, 2.45) is 117 Å². The van der Waals surface area contributed by atoms with Gasteiger partial charge in [-0.25, -0.2) is 0 Å². The number of likely N-dealkylation sites (tertiary alicyclic amines) is 1. The number of rotatable bonds is 6. The summed E-state index contributed by atoms with van der Waals surface area (Å²) in [4.78, 5) is 10.8. The average Bonchev–Trinajstić information content (AvgIpc) is 0.803. The fraction of sp³-hybridized carbons (Fsp3) is 1.00. The molecule has 0 bridgehead atoms. The molecule has 3 saturated heterocycles. The van der Waals surface area contributed by atoms with Crippen molar-refractivity contribution in [3.8, 4) is 0 Å². The zero-order valence-corrected chi connectivity index (χ0v) is 58.2. The van der Waals surface area contributed by atoms with Gasteiger partial charge < -0.3 is 0 Å². The van der Waals surface area contributed by atoms with Crippen LogP contribution < -0.4 is 0 Å². The number of fused-ring (bicyclic) bond motifs is 7. The Labute approximate surface area is 532 Å². The molecule has 16 aliphatic rings. The third-order valence-electron chi connectivity index (χ3n) is 34.1. The van der Waals surface area contributed by atoms with E-state index in [0.29, 0.717) is 16.2 Å². The Balaban J connectivity index is 0.789. The van der Waals surface area contributed by atoms with Crippen LogP contribution in [0.5, 0.6) is 0 Å². The lowest BCUT2D eigenvalue weighted by Gasteiger charge is -2.71. The molecule has 13 saturated carbocycles. The van der Waals surface area contributed by atoms with E-state index in [2.05, 4.69) is 77.0 Å². The molecule has 3 aliphatic heterocycles. The molecular formula is C82H138BN3. The van der Waals surface area contributed by atoms with Gasteiger partial charge in [0.1, 0.15) is 0 Å². The molecular weight excluding hydrogens is 1040 g/mol. The van der Waals surface area contributed by atoms with Crippen molar-refractivity contribution in [1.29, 1.82) is 0 Å². The summed E-state index contributed by atoms with van der Waals surface area (Å²) in [6.07, 6.45) is 64.1. The average molecular weight is 1180 g/mol. The highest BCUT2D eigenvalue weighted by molar-refractivity contribution is 6.65. The van der Waals surface area contributed by atoms with Crippen LogP contribution in [0, 0.1) is 117 Å². The molecule has 0 amide bonds. The van der Waals surface area contributed by atoms with Gasteiger partial charge in [0.25, 0.3) is 0 Å². The summed E-state index contributed by atoms with van der Waals surface area (Å²) in [5.41, 5.74) is 1.28. The summed E-state index contributed by atoms with van der Waals surface area (Å²) in [7, 11) is 0. The van der Waals surface area contributed by atoms with Gasteiger partial charge in [-0.15, -0.1) is 0 Å². The molecule has 3 nitrogen and oxygen atoms in total. The molecule has 0 aromatic heterocycles. The van der Waals surface area contributed by atoms with Crippen LogP contribution in [-0.4, -0.2) is 75.8 Å². The summed E-state index contributed by atoms with van der Waals surface area (Å²) in [5.74, 6) is 20.0. The third kappa shape index (κ3) is 10.8. The summed E-state index contributed by atoms with van der Waals surface area (Å²) in [6, 6.07) is 7.78. The molecule has 0 aromatic carbocycles. The molecule has 16 rings (SSSR count). The first-order valence-corrected chi connectivity index (χ1v) is 40.9. The van der Waals surface area contributed by atoms with Crippen molar-refractivity contribution in [2.75, 3.05) is 0 Å². The maximum Gasteiger partial charge on any atom is 0.156 e. The standard InChI is InChI=1S/C82H138BN3/c1-80(2,3)59-42-56-28-29-57-43-60(81(4,5)6)47-68-67(45-58(44-59)77(56)78(57)68)55-34-41-73-70(46-55)83-69-40-39-64(86-71-26-18-16-24-65(71)66-25-17-19-27-72(66)86)50-74(69)85(63-37-32-54(33-38-63)52-22-14-11-15-23-52)76-49-61(82(7,8)9)48-75(79(76)83)84(73)62-35-30-53(31-36-62)51-20-12-10-13-21-51/h51-79H,10-50H2,1-9H3. The minimum atomic E-state index is 0.377. The van der Waals surface area contributed by atoms with Crippen molar-refractivity contribution in [3.63, 3.8) is 0 Å². The first-order chi connectivity index (χ1) is 41.5. The summed E-state index contributed by atoms with van der Waals surface area (Å²) < 4.78 is 0. The van der Waals surface area contributed by atoms with Crippen LogP contribution >= 0.6 is 0 Å². The molecule has 13 aliphatic carbocycles. The van der Waals surface area contributed by atoms with Gasteiger partial charge in [0.15, 0.2) is 6.71 Å². The molecule has 86 heavy (non-hydrogen) atoms. The topological polar surface area (TPSA) is 9.72 Å². The van der Waals surface area contributed by atoms with E-state index in [1.54, 1.807) is 199 Å². The van der Waals surface area contributed by atoms with E-state index in [9.17, 15) is 0 Å². The molecule has 16 fully saturated rings. The van der Waals surface area contributed by atoms with Gasteiger partial charge in [-0.3, -0.25) is 14.7 Å². The Morgan fingerprint density at radius 3 is 1.23 bits per heavy atom. The minimum absolute atomic E-state index is 0.377. The largest absolute Gasteiger partial charge is 0.295 e. The number of hydrogen-bond donors (Lipinski definition) is 0. The Morgan fingerprint density at radius 1 is 0.244 bits per heavy atom. The van der Waals surface area contributed by atoms with Crippen molar-refractivity contribution < 1.29 is 0 Å². The molecule has 0 radical (unpaired) electrons. The monoisotopic (exact) mass is 1180 g/mol. The van der Waals surface area contributed by atoms with E-state index in [4.69, 9.17) is 0 Å². The van der Waals surface area contributed by atoms with Crippen LogP contribution in [0.4, 0.5) is 0 Å². The predicted molar refractivity (Wildman–Crippen MR) is 364 cm³/mol. The first kappa shape index (κ1) is 60.9. The zero-order chi connectivity index (χ0) is 58.5. The molecule has 4 heteroatoms. The van der Waals surface area contributed by atoms with E-state index >= 15 is 0 Å². The van der Waals surface area contributed by atoms with Gasteiger partial charge in [-0.1, -0.05) is 165 Å². The van der Waals surface area contributed by atoms with Gasteiger partial charge in [-0.05, 0) is 295 Å². The SMILES string of the molecule is CC(C)(C)C1CC2CCC3CC(C(C)(C)C)CC4C(C5CCC6C(C5)B5C7CCC(N8C9CCCCC9C9CCCCC98)CC7N(C7CCC(C8CCCCC8)CC7)C7CC(C(C)(C)C)CC(C57)N6C5CCC(C6CCCCC6)CC5)CC(C1)C2C34. The highest BCUT2D eigenvalue weighted by Gasteiger charge is 2.68. The van der Waals surface area contributed by atoms with Crippen molar-refractivity contribution in [3.05, 3.63) is 0 Å². The van der Waals surface area contributed by atoms with E-state index in [-0.39, 0.29) is 0 Å². The van der Waals surface area contributed by atoms with Crippen LogP contribution in [0.2, 0.25) is 17.5 Å². The van der Waals surface area contributed by atoms with Crippen LogP contribution in [-0.2, 0) is 0 Å². The number of hydrogen-bond acceptors (Lipinski definition) is 3. The lowest BCUT2D eigenvalue weighted by molar-refractivity contribution is -0.153. The van der Waals surface area contributed by atoms with Crippen LogP contribution in [0.1, 0.15) is 326 Å². The van der Waals surface area contributed by atoms with Crippen LogP contribution in [0.15, 0.2) is 0 Å². The van der Waals surface area contributed by atoms with E-state index in [0.717, 1.165) is 179 Å². The Hall–Kier alpha value is -0.0551. The van der Waals surface area contributed by atoms with E-state index < -0.39 is 0 Å². The fourth-order valence-electron chi connectivity index (χ4n) is 30.4. The molecule has 0 N–H and O–H groups in total. The predicted octanol–water partition coefficient (Wildman–Crippen LogP) is 21.6. The molecule has 23 atom stereocenters. The zero-order valence-electron chi connectivity index (χ0n) is 58.2. The van der Waals surface area contributed by atoms with Crippen LogP contribution in [0.25, 0.3) is 0 Å². The molecule has 23 unspecified atom stereocenters. The lowest BCUT2D eigenvalue weighted by Crippen LogP contribution is -2.75. The maximum absolute atomic E-state index is 3.69. The minimum Gasteiger partial charge on any atom is -0.295 e. The van der Waals surface area contributed by atoms with Gasteiger partial charge in [0, 0.05) is 54.4 Å². The van der Waals surface area contributed by atoms with Gasteiger partial charge in [0.05, 0.1) is 0 Å². The molecule has 484 valence electrons. The van der Waals surface area contributed by atoms with E-state index in [1.165, 1.54) is 64.2 Å². The smallest absolute Gasteiger partial charge is 0.156 e.